The summed E-state index contributed by atoms with van der Waals surface area (Å²) in [6, 6.07) is 33.5. The molecule has 14 nitrogen and oxygen atoms in total. The number of benzene rings is 4. The largest absolute Gasteiger partial charge is 0.444 e. The average molecular weight is 863 g/mol. The average Bonchev–Trinajstić information content (AvgIpc) is 3.24. The Morgan fingerprint density at radius 3 is 1.42 bits per heavy atom. The van der Waals surface area contributed by atoms with Crippen LogP contribution in [0.25, 0.3) is 0 Å². The van der Waals surface area contributed by atoms with Gasteiger partial charge in [0.15, 0.2) is 0 Å². The van der Waals surface area contributed by atoms with Crippen LogP contribution in [0, 0.1) is 0 Å². The topological polar surface area (TPSA) is 149 Å². The second-order valence-corrected chi connectivity index (χ2v) is 17.4. The molecular weight excluding hydrogens is 805 g/mol. The van der Waals surface area contributed by atoms with Crippen molar-refractivity contribution in [3.8, 4) is 0 Å². The number of nitrogens with one attached hydrogen (secondary N) is 1. The van der Waals surface area contributed by atoms with Crippen LogP contribution in [0.1, 0.15) is 38.8 Å². The molecule has 4 aromatic rings. The van der Waals surface area contributed by atoms with E-state index >= 15 is 0 Å². The Balaban J connectivity index is 1.34. The van der Waals surface area contributed by atoms with Crippen molar-refractivity contribution in [3.05, 3.63) is 132 Å². The third-order valence-corrected chi connectivity index (χ3v) is 11.6. The first-order chi connectivity index (χ1) is 28.7. The number of ether oxygens (including phenoxy) is 1. The van der Waals surface area contributed by atoms with Gasteiger partial charge in [0.05, 0.1) is 11.9 Å². The molecule has 0 spiro atoms. The zero-order valence-electron chi connectivity index (χ0n) is 35.1. The highest BCUT2D eigenvalue weighted by Crippen LogP contribution is 2.25. The maximum atomic E-state index is 12.8. The van der Waals surface area contributed by atoms with Gasteiger partial charge in [-0.3, -0.25) is 4.72 Å². The molecular formula is C44H58N6O8S2. The van der Waals surface area contributed by atoms with Crippen LogP contribution in [0.2, 0.25) is 0 Å². The van der Waals surface area contributed by atoms with E-state index in [1.54, 1.807) is 24.3 Å². The number of rotatable bonds is 25. The Morgan fingerprint density at radius 2 is 0.983 bits per heavy atom. The Kier molecular flexibility index (Phi) is 18.4. The van der Waals surface area contributed by atoms with Gasteiger partial charge in [0, 0.05) is 68.5 Å². The standard InChI is InChI=1S/C44H58N6O8S2/c1-6-46(7-2)30-32-48(34-37-16-12-10-13-17-37)40-22-20-39(21-23-40)45-60(55,56)36-57-43(51)28-29-44(52)58-50(59(5,53)54)42-26-24-41(25-27-42)49(33-31-47(8-3)9-4)35-38-18-14-11-15-19-38/h10-29,45H,6-9,30-36H2,1-5H3/b29-28+. The normalized spacial score (nSPS) is 11.8. The van der Waals surface area contributed by atoms with Crippen LogP contribution in [-0.4, -0.2) is 103 Å². The van der Waals surface area contributed by atoms with Crippen molar-refractivity contribution < 1.29 is 36.0 Å². The number of esters is 1. The first kappa shape index (κ1) is 47.3. The van der Waals surface area contributed by atoms with Crippen molar-refractivity contribution in [2.45, 2.75) is 40.8 Å². The van der Waals surface area contributed by atoms with E-state index in [0.29, 0.717) is 29.7 Å². The van der Waals surface area contributed by atoms with E-state index < -0.39 is 37.9 Å². The summed E-state index contributed by atoms with van der Waals surface area (Å²) in [4.78, 5) is 39.3. The highest BCUT2D eigenvalue weighted by Gasteiger charge is 2.23. The number of sulfonamides is 2. The predicted octanol–water partition coefficient (Wildman–Crippen LogP) is 6.11. The fourth-order valence-corrected chi connectivity index (χ4v) is 7.83. The van der Waals surface area contributed by atoms with Gasteiger partial charge in [0.2, 0.25) is 5.94 Å². The number of carbonyl (C=O) groups is 2. The van der Waals surface area contributed by atoms with Crippen LogP contribution >= 0.6 is 0 Å². The Labute approximate surface area is 356 Å². The van der Waals surface area contributed by atoms with Crippen molar-refractivity contribution in [3.63, 3.8) is 0 Å². The van der Waals surface area contributed by atoms with Crippen molar-refractivity contribution in [1.82, 2.24) is 9.80 Å². The molecule has 4 aromatic carbocycles. The second-order valence-electron chi connectivity index (χ2n) is 14.0. The molecule has 0 heterocycles. The van der Waals surface area contributed by atoms with Gasteiger partial charge in [0.25, 0.3) is 20.0 Å². The van der Waals surface area contributed by atoms with Gasteiger partial charge < -0.3 is 29.2 Å². The lowest BCUT2D eigenvalue weighted by atomic mass is 10.2. The molecule has 0 radical (unpaired) electrons. The minimum absolute atomic E-state index is 0.0581. The van der Waals surface area contributed by atoms with Gasteiger partial charge in [-0.15, -0.1) is 0 Å². The maximum Gasteiger partial charge on any atom is 0.357 e. The van der Waals surface area contributed by atoms with Gasteiger partial charge in [-0.1, -0.05) is 92.8 Å². The minimum atomic E-state index is -4.15. The van der Waals surface area contributed by atoms with Crippen molar-refractivity contribution in [1.29, 1.82) is 0 Å². The van der Waals surface area contributed by atoms with Gasteiger partial charge in [0.1, 0.15) is 0 Å². The van der Waals surface area contributed by atoms with E-state index in [1.807, 2.05) is 60.7 Å². The van der Waals surface area contributed by atoms with Crippen LogP contribution in [-0.2, 0) is 52.3 Å². The van der Waals surface area contributed by atoms with Crippen LogP contribution in [0.4, 0.5) is 22.7 Å². The highest BCUT2D eigenvalue weighted by atomic mass is 32.2. The molecule has 0 saturated heterocycles. The van der Waals surface area contributed by atoms with E-state index in [-0.39, 0.29) is 11.4 Å². The molecule has 60 heavy (non-hydrogen) atoms. The quantitative estimate of drug-likeness (QED) is 0.0466. The lowest BCUT2D eigenvalue weighted by Gasteiger charge is -2.29. The Morgan fingerprint density at radius 1 is 0.567 bits per heavy atom. The van der Waals surface area contributed by atoms with Crippen molar-refractivity contribution >= 4 is 54.7 Å². The summed E-state index contributed by atoms with van der Waals surface area (Å²) in [5, 5.41) is 0. The molecule has 0 aromatic heterocycles. The highest BCUT2D eigenvalue weighted by molar-refractivity contribution is 7.92. The molecule has 0 atom stereocenters. The van der Waals surface area contributed by atoms with Gasteiger partial charge in [-0.05, 0) is 85.8 Å². The molecule has 0 bridgehead atoms. The van der Waals surface area contributed by atoms with Crippen LogP contribution < -0.4 is 19.0 Å². The lowest BCUT2D eigenvalue weighted by Crippen LogP contribution is -2.35. The van der Waals surface area contributed by atoms with E-state index in [9.17, 15) is 26.4 Å². The number of hydrogen-bond acceptors (Lipinski definition) is 12. The summed E-state index contributed by atoms with van der Waals surface area (Å²) in [7, 11) is -8.27. The number of nitrogens with zero attached hydrogens (tertiary/aromatic N) is 5. The summed E-state index contributed by atoms with van der Waals surface area (Å²) in [6.07, 6.45) is 2.19. The van der Waals surface area contributed by atoms with Gasteiger partial charge in [-0.25, -0.2) is 26.4 Å². The molecule has 0 fully saturated rings. The molecule has 4 rings (SSSR count). The van der Waals surface area contributed by atoms with Crippen molar-refractivity contribution in [2.24, 2.45) is 0 Å². The van der Waals surface area contributed by atoms with Crippen LogP contribution in [0.15, 0.2) is 121 Å². The summed E-state index contributed by atoms with van der Waals surface area (Å²) in [6.45, 7) is 16.6. The molecule has 0 amide bonds. The maximum absolute atomic E-state index is 12.8. The smallest absolute Gasteiger partial charge is 0.357 e. The van der Waals surface area contributed by atoms with E-state index in [2.05, 4.69) is 64.1 Å². The van der Waals surface area contributed by atoms with Crippen molar-refractivity contribution in [2.75, 3.05) is 83.5 Å². The second kappa shape index (κ2) is 23.4. The summed E-state index contributed by atoms with van der Waals surface area (Å²) < 4.78 is 58.8. The predicted molar refractivity (Wildman–Crippen MR) is 240 cm³/mol. The molecule has 0 unspecified atom stereocenters. The molecule has 0 saturated carbocycles. The zero-order valence-corrected chi connectivity index (χ0v) is 36.8. The number of carbonyl (C=O) groups excluding carboxylic acids is 2. The fourth-order valence-electron chi connectivity index (χ4n) is 6.29. The Hall–Kier alpha value is -5.42. The molecule has 0 aliphatic carbocycles. The molecule has 0 aliphatic heterocycles. The van der Waals surface area contributed by atoms with Gasteiger partial charge in [-0.2, -0.15) is 0 Å². The fraction of sp³-hybridized carbons (Fsp3) is 0.364. The number of hydrogen-bond donors (Lipinski definition) is 1. The van der Waals surface area contributed by atoms with Crippen LogP contribution in [0.5, 0.6) is 0 Å². The molecule has 0 aliphatic rings. The van der Waals surface area contributed by atoms with E-state index in [0.717, 1.165) is 81.1 Å². The van der Waals surface area contributed by atoms with Crippen LogP contribution in [0.3, 0.4) is 0 Å². The SMILES string of the molecule is CCN(CC)CCN(Cc1ccccc1)c1ccc(NS(=O)(=O)COC(=O)/C=C/C(=O)ON(c2ccc(N(CCN(CC)CC)Cc3ccccc3)cc2)S(C)(=O)=O)cc1. The monoisotopic (exact) mass is 862 g/mol. The summed E-state index contributed by atoms with van der Waals surface area (Å²) in [5.74, 6) is -3.39. The third-order valence-electron chi connectivity index (χ3n) is 9.71. The number of anilines is 4. The van der Waals surface area contributed by atoms with Gasteiger partial charge >= 0.3 is 11.9 Å². The summed E-state index contributed by atoms with van der Waals surface area (Å²) >= 11 is 0. The minimum Gasteiger partial charge on any atom is -0.444 e. The molecule has 16 heteroatoms. The zero-order chi connectivity index (χ0) is 43.5. The molecule has 1 N–H and O–H groups in total. The van der Waals surface area contributed by atoms with E-state index in [1.165, 1.54) is 12.1 Å². The number of likely N-dealkylation sites (N-methyl/N-ethyl adjacent to an activating group) is 2. The Bertz CT molecular complexity index is 2170. The lowest BCUT2D eigenvalue weighted by molar-refractivity contribution is -0.139. The molecule has 324 valence electrons. The van der Waals surface area contributed by atoms with E-state index in [4.69, 9.17) is 9.57 Å². The first-order valence-corrected chi connectivity index (χ1v) is 23.5. The third kappa shape index (κ3) is 15.6. The summed E-state index contributed by atoms with van der Waals surface area (Å²) in [5.41, 5.74) is 4.34. The first-order valence-electron chi connectivity index (χ1n) is 20.0.